The summed E-state index contributed by atoms with van der Waals surface area (Å²) in [6, 6.07) is 7.39. The molecule has 0 bridgehead atoms. The number of carbonyl (C=O) groups is 2. The molecule has 3 N–H and O–H groups in total. The van der Waals surface area contributed by atoms with Gasteiger partial charge in [0.05, 0.1) is 18.6 Å². The van der Waals surface area contributed by atoms with E-state index in [4.69, 9.17) is 4.74 Å². The van der Waals surface area contributed by atoms with Crippen molar-refractivity contribution in [2.75, 3.05) is 26.7 Å². The zero-order valence-electron chi connectivity index (χ0n) is 14.7. The Labute approximate surface area is 151 Å². The zero-order valence-corrected chi connectivity index (χ0v) is 14.7. The van der Waals surface area contributed by atoms with E-state index >= 15 is 0 Å². The van der Waals surface area contributed by atoms with Crippen molar-refractivity contribution in [1.29, 1.82) is 0 Å². The summed E-state index contributed by atoms with van der Waals surface area (Å²) >= 11 is 0. The van der Waals surface area contributed by atoms with Crippen LogP contribution >= 0.6 is 0 Å². The molecule has 2 fully saturated rings. The maximum absolute atomic E-state index is 13.0. The van der Waals surface area contributed by atoms with Crippen molar-refractivity contribution in [3.63, 3.8) is 0 Å². The molecule has 7 heteroatoms. The number of fused-ring (bicyclic) bond motifs is 1. The van der Waals surface area contributed by atoms with Gasteiger partial charge in [-0.25, -0.2) is 0 Å². The van der Waals surface area contributed by atoms with E-state index in [1.165, 1.54) is 0 Å². The van der Waals surface area contributed by atoms with Crippen LogP contribution in [0.5, 0.6) is 5.75 Å². The van der Waals surface area contributed by atoms with E-state index in [1.54, 1.807) is 18.1 Å². The molecule has 0 aliphatic carbocycles. The van der Waals surface area contributed by atoms with Crippen LogP contribution in [0.25, 0.3) is 10.9 Å². The summed E-state index contributed by atoms with van der Waals surface area (Å²) in [6.45, 7) is 1.32. The number of amides is 2. The van der Waals surface area contributed by atoms with Crippen molar-refractivity contribution in [3.8, 4) is 5.75 Å². The number of aliphatic hydroxyl groups is 1. The van der Waals surface area contributed by atoms with Crippen molar-refractivity contribution in [1.82, 2.24) is 15.2 Å². The summed E-state index contributed by atoms with van der Waals surface area (Å²) in [5.41, 5.74) is 0.453. The molecule has 7 nitrogen and oxygen atoms in total. The first kappa shape index (κ1) is 16.9. The number of H-pyrrole nitrogens is 1. The second-order valence-corrected chi connectivity index (χ2v) is 7.18. The lowest BCUT2D eigenvalue weighted by Gasteiger charge is -2.46. The molecule has 0 unspecified atom stereocenters. The molecular formula is C19H23N3O4. The van der Waals surface area contributed by atoms with Crippen molar-refractivity contribution >= 4 is 22.7 Å². The summed E-state index contributed by atoms with van der Waals surface area (Å²) in [5.74, 6) is 0.439. The summed E-state index contributed by atoms with van der Waals surface area (Å²) in [5, 5.41) is 14.2. The van der Waals surface area contributed by atoms with Gasteiger partial charge in [0.15, 0.2) is 0 Å². The van der Waals surface area contributed by atoms with Crippen LogP contribution in [0.4, 0.5) is 0 Å². The molecule has 2 aliphatic heterocycles. The second kappa shape index (κ2) is 6.32. The van der Waals surface area contributed by atoms with E-state index in [9.17, 15) is 14.7 Å². The Morgan fingerprint density at radius 1 is 1.38 bits per heavy atom. The van der Waals surface area contributed by atoms with Gasteiger partial charge >= 0.3 is 0 Å². The lowest BCUT2D eigenvalue weighted by molar-refractivity contribution is -0.147. The molecule has 3 heterocycles. The van der Waals surface area contributed by atoms with E-state index in [0.717, 1.165) is 23.1 Å². The largest absolute Gasteiger partial charge is 0.497 e. The van der Waals surface area contributed by atoms with Crippen LogP contribution < -0.4 is 10.1 Å². The Kier molecular flexibility index (Phi) is 4.11. The fraction of sp³-hybridized carbons (Fsp3) is 0.474. The van der Waals surface area contributed by atoms with E-state index in [0.29, 0.717) is 31.6 Å². The monoisotopic (exact) mass is 357 g/mol. The molecule has 1 spiro atoms. The Balaban J connectivity index is 1.60. The van der Waals surface area contributed by atoms with E-state index in [2.05, 4.69) is 10.3 Å². The molecule has 0 saturated carbocycles. The third-order valence-electron chi connectivity index (χ3n) is 5.67. The van der Waals surface area contributed by atoms with E-state index in [1.807, 2.05) is 18.2 Å². The molecule has 138 valence electrons. The first-order valence-corrected chi connectivity index (χ1v) is 8.96. The van der Waals surface area contributed by atoms with Crippen LogP contribution in [-0.4, -0.2) is 59.7 Å². The molecule has 26 heavy (non-hydrogen) atoms. The fourth-order valence-corrected chi connectivity index (χ4v) is 4.14. The summed E-state index contributed by atoms with van der Waals surface area (Å²) < 4.78 is 5.23. The Hall–Kier alpha value is -2.54. The van der Waals surface area contributed by atoms with Crippen LogP contribution in [0, 0.1) is 5.41 Å². The van der Waals surface area contributed by atoms with Crippen molar-refractivity contribution in [2.24, 2.45) is 5.41 Å². The number of rotatable bonds is 2. The molecule has 0 radical (unpaired) electrons. The second-order valence-electron chi connectivity index (χ2n) is 7.18. The highest BCUT2D eigenvalue weighted by molar-refractivity contribution is 5.99. The zero-order chi connectivity index (χ0) is 18.3. The molecular weight excluding hydrogens is 334 g/mol. The number of nitrogens with zero attached hydrogens (tertiary/aromatic N) is 1. The number of methoxy groups -OCH3 is 1. The van der Waals surface area contributed by atoms with Gasteiger partial charge in [0.25, 0.3) is 5.91 Å². The molecule has 1 aromatic heterocycles. The molecule has 2 aliphatic rings. The molecule has 2 atom stereocenters. The minimum absolute atomic E-state index is 0.143. The number of nitrogens with one attached hydrogen (secondary N) is 2. The van der Waals surface area contributed by atoms with Crippen LogP contribution in [0.1, 0.15) is 29.8 Å². The Morgan fingerprint density at radius 2 is 2.23 bits per heavy atom. The third-order valence-corrected chi connectivity index (χ3v) is 5.67. The number of hydrogen-bond donors (Lipinski definition) is 3. The Bertz CT molecular complexity index is 862. The minimum Gasteiger partial charge on any atom is -0.497 e. The van der Waals surface area contributed by atoms with Crippen LogP contribution in [0.3, 0.4) is 0 Å². The summed E-state index contributed by atoms with van der Waals surface area (Å²) in [4.78, 5) is 30.3. The topological polar surface area (TPSA) is 94.7 Å². The number of aromatic nitrogens is 1. The standard InChI is InChI=1S/C19H23N3O4/c1-26-13-3-4-14-12(9-13)10-15(21-14)17(24)22-8-5-16(23)19(11-22)6-2-7-20-18(19)25/h3-4,9-10,16,21,23H,2,5-8,11H2,1H3,(H,20,25)/t16-,19-/m1/s1. The Morgan fingerprint density at radius 3 is 3.00 bits per heavy atom. The lowest BCUT2D eigenvalue weighted by Crippen LogP contribution is -2.62. The van der Waals surface area contributed by atoms with E-state index in [-0.39, 0.29) is 18.4 Å². The molecule has 1 aromatic carbocycles. The van der Waals surface area contributed by atoms with Gasteiger partial charge in [-0.15, -0.1) is 0 Å². The van der Waals surface area contributed by atoms with Gasteiger partial charge in [-0.2, -0.15) is 0 Å². The van der Waals surface area contributed by atoms with Gasteiger partial charge in [-0.05, 0) is 43.5 Å². The van der Waals surface area contributed by atoms with Gasteiger partial charge in [0, 0.05) is 30.5 Å². The highest BCUT2D eigenvalue weighted by Gasteiger charge is 2.50. The number of carbonyl (C=O) groups excluding carboxylic acids is 2. The van der Waals surface area contributed by atoms with Crippen LogP contribution in [0.2, 0.25) is 0 Å². The number of hydrogen-bond acceptors (Lipinski definition) is 4. The normalized spacial score (nSPS) is 26.2. The average molecular weight is 357 g/mol. The number of aromatic amines is 1. The fourth-order valence-electron chi connectivity index (χ4n) is 4.14. The first-order valence-electron chi connectivity index (χ1n) is 8.96. The first-order chi connectivity index (χ1) is 12.5. The molecule has 4 rings (SSSR count). The van der Waals surface area contributed by atoms with Gasteiger partial charge in [-0.3, -0.25) is 9.59 Å². The van der Waals surface area contributed by atoms with Crippen LogP contribution in [0.15, 0.2) is 24.3 Å². The van der Waals surface area contributed by atoms with Gasteiger partial charge in [-0.1, -0.05) is 0 Å². The highest BCUT2D eigenvalue weighted by atomic mass is 16.5. The quantitative estimate of drug-likeness (QED) is 0.755. The molecule has 2 saturated heterocycles. The number of ether oxygens (including phenoxy) is 1. The minimum atomic E-state index is -0.888. The third kappa shape index (κ3) is 2.63. The lowest BCUT2D eigenvalue weighted by atomic mass is 9.71. The van der Waals surface area contributed by atoms with Crippen LogP contribution in [-0.2, 0) is 4.79 Å². The predicted octanol–water partition coefficient (Wildman–Crippen LogP) is 1.28. The van der Waals surface area contributed by atoms with Crippen molar-refractivity contribution in [2.45, 2.75) is 25.4 Å². The SMILES string of the molecule is COc1ccc2[nH]c(C(=O)N3CC[C@@H](O)[C@@]4(CCCNC4=O)C3)cc2c1. The molecule has 2 aromatic rings. The number of piperidine rings is 2. The summed E-state index contributed by atoms with van der Waals surface area (Å²) in [6.07, 6.45) is 1.12. The maximum Gasteiger partial charge on any atom is 0.270 e. The van der Waals surface area contributed by atoms with Gasteiger partial charge in [0.1, 0.15) is 11.4 Å². The highest BCUT2D eigenvalue weighted by Crippen LogP contribution is 2.37. The summed E-state index contributed by atoms with van der Waals surface area (Å²) in [7, 11) is 1.60. The van der Waals surface area contributed by atoms with E-state index < -0.39 is 11.5 Å². The molecule has 2 amide bonds. The number of aliphatic hydroxyl groups excluding tert-OH is 1. The maximum atomic E-state index is 13.0. The van der Waals surface area contributed by atoms with Crippen molar-refractivity contribution < 1.29 is 19.4 Å². The number of likely N-dealkylation sites (tertiary alicyclic amines) is 1. The number of benzene rings is 1. The van der Waals surface area contributed by atoms with Gasteiger partial charge in [0.2, 0.25) is 5.91 Å². The van der Waals surface area contributed by atoms with Gasteiger partial charge < -0.3 is 25.0 Å². The average Bonchev–Trinajstić information content (AvgIpc) is 3.08. The smallest absolute Gasteiger partial charge is 0.270 e. The van der Waals surface area contributed by atoms with Crippen molar-refractivity contribution in [3.05, 3.63) is 30.0 Å². The predicted molar refractivity (Wildman–Crippen MR) is 96.1 cm³/mol.